The first kappa shape index (κ1) is 13.4. The lowest BCUT2D eigenvalue weighted by atomic mass is 10.2. The van der Waals surface area contributed by atoms with Gasteiger partial charge in [0.25, 0.3) is 5.91 Å². The van der Waals surface area contributed by atoms with Gasteiger partial charge in [0.1, 0.15) is 17.1 Å². The summed E-state index contributed by atoms with van der Waals surface area (Å²) >= 11 is 0. The van der Waals surface area contributed by atoms with Crippen molar-refractivity contribution in [3.63, 3.8) is 0 Å². The van der Waals surface area contributed by atoms with Crippen molar-refractivity contribution >= 4 is 5.91 Å². The topological polar surface area (TPSA) is 84.6 Å². The van der Waals surface area contributed by atoms with Crippen molar-refractivity contribution in [1.82, 2.24) is 5.32 Å². The highest BCUT2D eigenvalue weighted by molar-refractivity contribution is 5.97. The molecule has 0 atom stereocenters. The molecule has 0 saturated heterocycles. The smallest absolute Gasteiger partial charge is 0.258 e. The van der Waals surface area contributed by atoms with Crippen LogP contribution in [0.2, 0.25) is 0 Å². The fraction of sp³-hybridized carbons (Fsp3) is 0.364. The fourth-order valence-corrected chi connectivity index (χ4v) is 1.25. The lowest BCUT2D eigenvalue weighted by Gasteiger charge is -2.07. The largest absolute Gasteiger partial charge is 0.507 e. The Kier molecular flexibility index (Phi) is 5.38. The molecule has 0 unspecified atom stereocenters. The van der Waals surface area contributed by atoms with Crippen LogP contribution in [0.3, 0.4) is 0 Å². The molecule has 0 aliphatic heterocycles. The lowest BCUT2D eigenvalue weighted by molar-refractivity contribution is 0.0913. The number of amides is 1. The van der Waals surface area contributed by atoms with Crippen LogP contribution in [0.4, 0.5) is 4.39 Å². The van der Waals surface area contributed by atoms with E-state index < -0.39 is 11.7 Å². The fourth-order valence-electron chi connectivity index (χ4n) is 1.25. The molecule has 0 saturated carbocycles. The first-order valence-electron chi connectivity index (χ1n) is 5.20. The summed E-state index contributed by atoms with van der Waals surface area (Å²) in [5.41, 5.74) is 4.85. The third-order valence-corrected chi connectivity index (χ3v) is 2.01. The van der Waals surface area contributed by atoms with Crippen LogP contribution in [0.25, 0.3) is 0 Å². The molecule has 1 aromatic rings. The van der Waals surface area contributed by atoms with Gasteiger partial charge in [0.05, 0.1) is 13.2 Å². The maximum atomic E-state index is 13.3. The molecule has 0 aromatic heterocycles. The Morgan fingerprint density at radius 1 is 1.47 bits per heavy atom. The number of nitrogens with one attached hydrogen (secondary N) is 1. The molecule has 0 aliphatic carbocycles. The number of carbonyl (C=O) groups excluding carboxylic acids is 1. The molecule has 1 rings (SSSR count). The van der Waals surface area contributed by atoms with E-state index in [0.717, 1.165) is 6.07 Å². The summed E-state index contributed by atoms with van der Waals surface area (Å²) in [5, 5.41) is 11.8. The Morgan fingerprint density at radius 2 is 2.24 bits per heavy atom. The second kappa shape index (κ2) is 6.82. The number of benzene rings is 1. The van der Waals surface area contributed by atoms with Gasteiger partial charge in [-0.3, -0.25) is 4.79 Å². The first-order valence-corrected chi connectivity index (χ1v) is 5.20. The normalized spacial score (nSPS) is 10.2. The zero-order valence-corrected chi connectivity index (χ0v) is 9.28. The predicted molar refractivity (Wildman–Crippen MR) is 60.3 cm³/mol. The van der Waals surface area contributed by atoms with E-state index >= 15 is 0 Å². The summed E-state index contributed by atoms with van der Waals surface area (Å²) in [7, 11) is 0. The van der Waals surface area contributed by atoms with Gasteiger partial charge in [0.2, 0.25) is 0 Å². The zero-order chi connectivity index (χ0) is 12.7. The molecule has 0 heterocycles. The minimum absolute atomic E-state index is 0.229. The summed E-state index contributed by atoms with van der Waals surface area (Å²) in [6.07, 6.45) is 0. The van der Waals surface area contributed by atoms with Crippen molar-refractivity contribution < 1.29 is 19.0 Å². The third kappa shape index (κ3) is 4.01. The van der Waals surface area contributed by atoms with Gasteiger partial charge >= 0.3 is 0 Å². The highest BCUT2D eigenvalue weighted by Crippen LogP contribution is 2.19. The highest BCUT2D eigenvalue weighted by Gasteiger charge is 2.15. The molecule has 0 fully saturated rings. The molecular formula is C11H15FN2O3. The Bertz CT molecular complexity index is 365. The number of halogens is 1. The van der Waals surface area contributed by atoms with E-state index in [2.05, 4.69) is 5.32 Å². The number of hydrogen-bond acceptors (Lipinski definition) is 4. The quantitative estimate of drug-likeness (QED) is 0.624. The number of rotatable bonds is 6. The van der Waals surface area contributed by atoms with Crippen LogP contribution in [0.15, 0.2) is 18.2 Å². The summed E-state index contributed by atoms with van der Waals surface area (Å²) in [6, 6.07) is 3.69. The maximum Gasteiger partial charge on any atom is 0.258 e. The molecule has 17 heavy (non-hydrogen) atoms. The second-order valence-corrected chi connectivity index (χ2v) is 3.29. The lowest BCUT2D eigenvalue weighted by Crippen LogP contribution is -2.28. The van der Waals surface area contributed by atoms with Crippen LogP contribution < -0.4 is 11.1 Å². The Hall–Kier alpha value is -1.66. The van der Waals surface area contributed by atoms with Crippen LogP contribution in [0.5, 0.6) is 5.75 Å². The van der Waals surface area contributed by atoms with E-state index in [1.54, 1.807) is 0 Å². The molecule has 4 N–H and O–H groups in total. The number of carbonyl (C=O) groups is 1. The number of phenols is 1. The monoisotopic (exact) mass is 242 g/mol. The van der Waals surface area contributed by atoms with Crippen LogP contribution in [0.1, 0.15) is 10.4 Å². The average Bonchev–Trinajstić information content (AvgIpc) is 2.28. The minimum Gasteiger partial charge on any atom is -0.507 e. The van der Waals surface area contributed by atoms with Crippen LogP contribution in [-0.2, 0) is 4.74 Å². The van der Waals surface area contributed by atoms with Crippen LogP contribution >= 0.6 is 0 Å². The SMILES string of the molecule is NCCOCCNC(=O)c1c(O)cccc1F. The van der Waals surface area contributed by atoms with Gasteiger partial charge in [-0.15, -0.1) is 0 Å². The maximum absolute atomic E-state index is 13.3. The third-order valence-electron chi connectivity index (χ3n) is 2.01. The Labute approximate surface area is 98.4 Å². The number of ether oxygens (including phenoxy) is 1. The summed E-state index contributed by atoms with van der Waals surface area (Å²) in [6.45, 7) is 1.33. The molecule has 6 heteroatoms. The van der Waals surface area contributed by atoms with Crippen LogP contribution in [-0.4, -0.2) is 37.3 Å². The average molecular weight is 242 g/mol. The minimum atomic E-state index is -0.759. The number of aromatic hydroxyl groups is 1. The van der Waals surface area contributed by atoms with Crippen molar-refractivity contribution in [2.45, 2.75) is 0 Å². The number of phenolic OH excluding ortho intramolecular Hbond substituents is 1. The van der Waals surface area contributed by atoms with E-state index in [1.807, 2.05) is 0 Å². The summed E-state index contributed by atoms with van der Waals surface area (Å²) in [4.78, 5) is 11.5. The van der Waals surface area contributed by atoms with Crippen molar-refractivity contribution in [2.24, 2.45) is 5.73 Å². The van der Waals surface area contributed by atoms with Crippen molar-refractivity contribution in [2.75, 3.05) is 26.3 Å². The standard InChI is InChI=1S/C11H15FN2O3/c12-8-2-1-3-9(15)10(8)11(16)14-5-7-17-6-4-13/h1-3,15H,4-7,13H2,(H,14,16). The second-order valence-electron chi connectivity index (χ2n) is 3.29. The number of nitrogens with two attached hydrogens (primary N) is 1. The van der Waals surface area contributed by atoms with Crippen molar-refractivity contribution in [3.05, 3.63) is 29.6 Å². The molecule has 94 valence electrons. The molecule has 0 bridgehead atoms. The number of hydrogen-bond donors (Lipinski definition) is 3. The van der Waals surface area contributed by atoms with E-state index in [9.17, 15) is 14.3 Å². The molecular weight excluding hydrogens is 227 g/mol. The van der Waals surface area contributed by atoms with Crippen molar-refractivity contribution in [3.8, 4) is 5.75 Å². The van der Waals surface area contributed by atoms with Gasteiger partial charge in [0, 0.05) is 13.1 Å². The van der Waals surface area contributed by atoms with E-state index in [4.69, 9.17) is 10.5 Å². The van der Waals surface area contributed by atoms with Gasteiger partial charge in [-0.1, -0.05) is 6.07 Å². The molecule has 0 spiro atoms. The summed E-state index contributed by atoms with van der Waals surface area (Å²) < 4.78 is 18.3. The molecule has 1 amide bonds. The van der Waals surface area contributed by atoms with Crippen LogP contribution in [0, 0.1) is 5.82 Å². The Balaban J connectivity index is 2.47. The molecule has 5 nitrogen and oxygen atoms in total. The van der Waals surface area contributed by atoms with Gasteiger partial charge in [0.15, 0.2) is 0 Å². The predicted octanol–water partition coefficient (Wildman–Crippen LogP) is 0.236. The zero-order valence-electron chi connectivity index (χ0n) is 9.28. The van der Waals surface area contributed by atoms with Gasteiger partial charge < -0.3 is 20.9 Å². The highest BCUT2D eigenvalue weighted by atomic mass is 19.1. The Morgan fingerprint density at radius 3 is 2.88 bits per heavy atom. The molecule has 0 radical (unpaired) electrons. The van der Waals surface area contributed by atoms with E-state index in [1.165, 1.54) is 12.1 Å². The molecule has 1 aromatic carbocycles. The van der Waals surface area contributed by atoms with E-state index in [0.29, 0.717) is 13.2 Å². The summed E-state index contributed by atoms with van der Waals surface area (Å²) in [5.74, 6) is -1.81. The van der Waals surface area contributed by atoms with E-state index in [-0.39, 0.29) is 24.5 Å². The van der Waals surface area contributed by atoms with Crippen molar-refractivity contribution in [1.29, 1.82) is 0 Å². The van der Waals surface area contributed by atoms with Gasteiger partial charge in [-0.2, -0.15) is 0 Å². The van der Waals surface area contributed by atoms with Gasteiger partial charge in [-0.05, 0) is 12.1 Å². The molecule has 0 aliphatic rings. The first-order chi connectivity index (χ1) is 8.16. The van der Waals surface area contributed by atoms with Gasteiger partial charge in [-0.25, -0.2) is 4.39 Å².